The minimum Gasteiger partial charge on any atom is -0.493 e. The fourth-order valence-electron chi connectivity index (χ4n) is 4.63. The molecule has 1 unspecified atom stereocenters. The Morgan fingerprint density at radius 3 is 2.50 bits per heavy atom. The van der Waals surface area contributed by atoms with Crippen LogP contribution in [-0.2, 0) is 14.3 Å². The maximum Gasteiger partial charge on any atom is 0.315 e. The first-order chi connectivity index (χ1) is 16.5. The number of benzene rings is 2. The summed E-state index contributed by atoms with van der Waals surface area (Å²) in [5, 5.41) is 0. The molecule has 7 nitrogen and oxygen atoms in total. The summed E-state index contributed by atoms with van der Waals surface area (Å²) in [4.78, 5) is 31.0. The average molecular weight is 464 g/mol. The van der Waals surface area contributed by atoms with Gasteiger partial charge in [-0.15, -0.1) is 0 Å². The van der Waals surface area contributed by atoms with E-state index in [9.17, 15) is 9.59 Å². The number of allylic oxidation sites excluding steroid dienone is 2. The van der Waals surface area contributed by atoms with Gasteiger partial charge in [-0.2, -0.15) is 0 Å². The van der Waals surface area contributed by atoms with Gasteiger partial charge in [-0.25, -0.2) is 0 Å². The van der Waals surface area contributed by atoms with E-state index in [1.165, 1.54) is 0 Å². The lowest BCUT2D eigenvalue weighted by Crippen LogP contribution is -2.37. The summed E-state index contributed by atoms with van der Waals surface area (Å²) in [7, 11) is 3.13. The quantitative estimate of drug-likeness (QED) is 0.423. The van der Waals surface area contributed by atoms with Crippen LogP contribution in [0.15, 0.2) is 64.8 Å². The van der Waals surface area contributed by atoms with Crippen LogP contribution in [-0.4, -0.2) is 44.9 Å². The number of hydrogen-bond acceptors (Lipinski definition) is 7. The molecular formula is C27H29NO6. The first kappa shape index (κ1) is 23.5. The highest BCUT2D eigenvalue weighted by atomic mass is 16.6. The van der Waals surface area contributed by atoms with E-state index in [0.29, 0.717) is 35.0 Å². The summed E-state index contributed by atoms with van der Waals surface area (Å²) in [6.07, 6.45) is 1.93. The zero-order chi connectivity index (χ0) is 24.1. The van der Waals surface area contributed by atoms with Gasteiger partial charge < -0.3 is 18.9 Å². The lowest BCUT2D eigenvalue weighted by atomic mass is 9.71. The molecular weight excluding hydrogens is 434 g/mol. The Hall–Kier alpha value is -3.61. The maximum absolute atomic E-state index is 13.3. The minimum atomic E-state index is -0.712. The fourth-order valence-corrected chi connectivity index (χ4v) is 4.63. The molecule has 1 aliphatic carbocycles. The van der Waals surface area contributed by atoms with Crippen molar-refractivity contribution >= 4 is 17.5 Å². The number of carbonyl (C=O) groups excluding carboxylic acids is 2. The van der Waals surface area contributed by atoms with E-state index < -0.39 is 17.8 Å². The topological polar surface area (TPSA) is 83.4 Å². The van der Waals surface area contributed by atoms with Gasteiger partial charge in [-0.05, 0) is 49.6 Å². The third kappa shape index (κ3) is 4.83. The first-order valence-corrected chi connectivity index (χ1v) is 11.4. The molecule has 0 fully saturated rings. The van der Waals surface area contributed by atoms with Crippen molar-refractivity contribution in [3.63, 3.8) is 0 Å². The number of aliphatic imine (C=N–C) groups is 1. The number of nitrogens with zero attached hydrogens (tertiary/aromatic N) is 1. The molecule has 1 aliphatic heterocycles. The molecule has 2 aliphatic rings. The van der Waals surface area contributed by atoms with E-state index in [1.807, 2.05) is 49.4 Å². The SMILES string of the molecule is COc1ccc([C@H]2C3=C(CCCC3=O)N=C(C)C2C(=O)OCCOc2ccccc2)cc1OC. The van der Waals surface area contributed by atoms with E-state index in [-0.39, 0.29) is 19.0 Å². The number of ketones is 1. The summed E-state index contributed by atoms with van der Waals surface area (Å²) in [5.74, 6) is 0.214. The van der Waals surface area contributed by atoms with E-state index in [2.05, 4.69) is 4.99 Å². The average Bonchev–Trinajstić information content (AvgIpc) is 2.86. The molecule has 0 spiro atoms. The van der Waals surface area contributed by atoms with Crippen LogP contribution in [0.3, 0.4) is 0 Å². The van der Waals surface area contributed by atoms with Crippen LogP contribution in [0.1, 0.15) is 37.7 Å². The lowest BCUT2D eigenvalue weighted by molar-refractivity contribution is -0.147. The van der Waals surface area contributed by atoms with Crippen LogP contribution in [0.5, 0.6) is 17.2 Å². The summed E-state index contributed by atoms with van der Waals surface area (Å²) in [6.45, 7) is 2.14. The second-order valence-electron chi connectivity index (χ2n) is 8.29. The van der Waals surface area contributed by atoms with Crippen LogP contribution < -0.4 is 14.2 Å². The second-order valence-corrected chi connectivity index (χ2v) is 8.29. The van der Waals surface area contributed by atoms with Crippen LogP contribution >= 0.6 is 0 Å². The van der Waals surface area contributed by atoms with Gasteiger partial charge >= 0.3 is 5.97 Å². The van der Waals surface area contributed by atoms with E-state index >= 15 is 0 Å². The fraction of sp³-hybridized carbons (Fsp3) is 0.370. The monoisotopic (exact) mass is 463 g/mol. The van der Waals surface area contributed by atoms with Gasteiger partial charge in [0.05, 0.1) is 14.2 Å². The Kier molecular flexibility index (Phi) is 7.30. The lowest BCUT2D eigenvalue weighted by Gasteiger charge is -2.34. The van der Waals surface area contributed by atoms with Crippen molar-refractivity contribution in [1.29, 1.82) is 0 Å². The van der Waals surface area contributed by atoms with E-state index in [0.717, 1.165) is 24.1 Å². The van der Waals surface area contributed by atoms with Gasteiger partial charge in [-0.3, -0.25) is 14.6 Å². The highest BCUT2D eigenvalue weighted by Crippen LogP contribution is 2.45. The Bertz CT molecular complexity index is 1120. The van der Waals surface area contributed by atoms with Crippen LogP contribution in [0.4, 0.5) is 0 Å². The molecule has 0 bridgehead atoms. The molecule has 0 saturated carbocycles. The zero-order valence-corrected chi connectivity index (χ0v) is 19.7. The molecule has 4 rings (SSSR count). The summed E-state index contributed by atoms with van der Waals surface area (Å²) in [6, 6.07) is 14.8. The van der Waals surface area contributed by atoms with Crippen molar-refractivity contribution in [2.24, 2.45) is 10.9 Å². The molecule has 0 radical (unpaired) electrons. The van der Waals surface area contributed by atoms with Crippen LogP contribution in [0, 0.1) is 5.92 Å². The number of methoxy groups -OCH3 is 2. The number of rotatable bonds is 8. The summed E-state index contributed by atoms with van der Waals surface area (Å²) >= 11 is 0. The Labute approximate surface area is 199 Å². The van der Waals surface area contributed by atoms with Crippen molar-refractivity contribution in [3.05, 3.63) is 65.4 Å². The number of carbonyl (C=O) groups is 2. The van der Waals surface area contributed by atoms with Crippen molar-refractivity contribution in [2.75, 3.05) is 27.4 Å². The molecule has 0 amide bonds. The van der Waals surface area contributed by atoms with Crippen molar-refractivity contribution in [1.82, 2.24) is 0 Å². The van der Waals surface area contributed by atoms with Gasteiger partial charge in [0.25, 0.3) is 0 Å². The zero-order valence-electron chi connectivity index (χ0n) is 19.7. The number of para-hydroxylation sites is 1. The third-order valence-corrected chi connectivity index (χ3v) is 6.19. The Balaban J connectivity index is 1.60. The van der Waals surface area contributed by atoms with Gasteiger partial charge in [-0.1, -0.05) is 24.3 Å². The normalized spacial score (nSPS) is 19.7. The molecule has 0 N–H and O–H groups in total. The number of esters is 1. The smallest absolute Gasteiger partial charge is 0.315 e. The number of ether oxygens (including phenoxy) is 4. The predicted octanol–water partition coefficient (Wildman–Crippen LogP) is 4.51. The van der Waals surface area contributed by atoms with Gasteiger partial charge in [0.15, 0.2) is 17.3 Å². The second kappa shape index (κ2) is 10.5. The van der Waals surface area contributed by atoms with Crippen LogP contribution in [0.25, 0.3) is 0 Å². The Morgan fingerprint density at radius 1 is 1.00 bits per heavy atom. The maximum atomic E-state index is 13.3. The summed E-state index contributed by atoms with van der Waals surface area (Å²) < 4.78 is 22.1. The highest BCUT2D eigenvalue weighted by Gasteiger charge is 2.43. The molecule has 34 heavy (non-hydrogen) atoms. The molecule has 2 aromatic carbocycles. The molecule has 0 aromatic heterocycles. The number of hydrogen-bond donors (Lipinski definition) is 0. The molecule has 1 heterocycles. The first-order valence-electron chi connectivity index (χ1n) is 11.4. The molecule has 0 saturated heterocycles. The molecule has 178 valence electrons. The van der Waals surface area contributed by atoms with Gasteiger partial charge in [0.1, 0.15) is 24.9 Å². The van der Waals surface area contributed by atoms with E-state index in [4.69, 9.17) is 18.9 Å². The van der Waals surface area contributed by atoms with E-state index in [1.54, 1.807) is 20.3 Å². The largest absolute Gasteiger partial charge is 0.493 e. The number of Topliss-reactive ketones (excluding diaryl/α,β-unsaturated/α-hetero) is 1. The summed E-state index contributed by atoms with van der Waals surface area (Å²) in [5.41, 5.74) is 2.80. The van der Waals surface area contributed by atoms with Crippen molar-refractivity contribution in [2.45, 2.75) is 32.1 Å². The van der Waals surface area contributed by atoms with Crippen molar-refractivity contribution in [3.8, 4) is 17.2 Å². The molecule has 2 aromatic rings. The van der Waals surface area contributed by atoms with Crippen molar-refractivity contribution < 1.29 is 28.5 Å². The van der Waals surface area contributed by atoms with Gasteiger partial charge in [0, 0.05) is 29.3 Å². The third-order valence-electron chi connectivity index (χ3n) is 6.19. The minimum absolute atomic E-state index is 0.0301. The molecule has 2 atom stereocenters. The Morgan fingerprint density at radius 2 is 1.76 bits per heavy atom. The van der Waals surface area contributed by atoms with Crippen LogP contribution in [0.2, 0.25) is 0 Å². The van der Waals surface area contributed by atoms with Gasteiger partial charge in [0.2, 0.25) is 0 Å². The molecule has 7 heteroatoms. The standard InChI is InChI=1S/C27H29NO6/c1-17-24(27(30)34-15-14-33-19-8-5-4-6-9-19)25(26-20(28-17)10-7-11-21(26)29)18-12-13-22(31-2)23(16-18)32-3/h4-6,8-9,12-13,16,24-25H,7,10-11,14-15H2,1-3H3/t24?,25-/m1/s1. The predicted molar refractivity (Wildman–Crippen MR) is 128 cm³/mol. The highest BCUT2D eigenvalue weighted by molar-refractivity contribution is 6.08.